The van der Waals surface area contributed by atoms with Crippen molar-refractivity contribution >= 4 is 5.91 Å². The third-order valence-electron chi connectivity index (χ3n) is 1.64. The van der Waals surface area contributed by atoms with Crippen LogP contribution in [0.4, 0.5) is 8.78 Å². The van der Waals surface area contributed by atoms with E-state index in [2.05, 4.69) is 0 Å². The van der Waals surface area contributed by atoms with E-state index in [0.29, 0.717) is 5.56 Å². The average molecular weight is 185 g/mol. The molecule has 2 nitrogen and oxygen atoms in total. The zero-order chi connectivity index (χ0) is 9.84. The average Bonchev–Trinajstić information content (AvgIpc) is 2.08. The van der Waals surface area contributed by atoms with Gasteiger partial charge in [-0.1, -0.05) is 12.1 Å². The van der Waals surface area contributed by atoms with Crippen LogP contribution >= 0.6 is 0 Å². The van der Waals surface area contributed by atoms with Crippen LogP contribution in [0.1, 0.15) is 5.56 Å². The third-order valence-corrected chi connectivity index (χ3v) is 1.64. The molecule has 1 rings (SSSR count). The SMILES string of the molecule is NC(=O)[C@@H](F)Cc1ccc(F)cc1. The number of rotatable bonds is 3. The molecule has 0 unspecified atom stereocenters. The van der Waals surface area contributed by atoms with Crippen LogP contribution in [0, 0.1) is 5.82 Å². The number of primary amides is 1. The predicted molar refractivity (Wildman–Crippen MR) is 44.2 cm³/mol. The van der Waals surface area contributed by atoms with Crippen molar-refractivity contribution < 1.29 is 13.6 Å². The topological polar surface area (TPSA) is 43.1 Å². The van der Waals surface area contributed by atoms with E-state index in [-0.39, 0.29) is 6.42 Å². The van der Waals surface area contributed by atoms with Crippen molar-refractivity contribution in [2.45, 2.75) is 12.6 Å². The van der Waals surface area contributed by atoms with Gasteiger partial charge in [-0.3, -0.25) is 4.79 Å². The number of nitrogens with two attached hydrogens (primary N) is 1. The molecule has 1 aromatic carbocycles. The summed E-state index contributed by atoms with van der Waals surface area (Å²) in [5.41, 5.74) is 5.27. The van der Waals surface area contributed by atoms with Crippen LogP contribution in [0.15, 0.2) is 24.3 Å². The maximum atomic E-state index is 12.7. The molecule has 0 aliphatic rings. The lowest BCUT2D eigenvalue weighted by Crippen LogP contribution is -2.26. The lowest BCUT2D eigenvalue weighted by atomic mass is 10.1. The van der Waals surface area contributed by atoms with Crippen molar-refractivity contribution in [3.05, 3.63) is 35.6 Å². The van der Waals surface area contributed by atoms with E-state index in [1.165, 1.54) is 24.3 Å². The van der Waals surface area contributed by atoms with E-state index < -0.39 is 17.9 Å². The second-order valence-electron chi connectivity index (χ2n) is 2.70. The lowest BCUT2D eigenvalue weighted by Gasteiger charge is -2.03. The summed E-state index contributed by atoms with van der Waals surface area (Å²) in [6.07, 6.45) is -1.80. The molecule has 0 fully saturated rings. The molecule has 0 spiro atoms. The molecule has 0 aromatic heterocycles. The van der Waals surface area contributed by atoms with Crippen LogP contribution in [0.2, 0.25) is 0 Å². The standard InChI is InChI=1S/C9H9F2NO/c10-7-3-1-6(2-4-7)5-8(11)9(12)13/h1-4,8H,5H2,(H2,12,13)/t8-/m0/s1. The predicted octanol–water partition coefficient (Wildman–Crippen LogP) is 1.19. The maximum Gasteiger partial charge on any atom is 0.252 e. The molecule has 0 bridgehead atoms. The first kappa shape index (κ1) is 9.64. The monoisotopic (exact) mass is 185 g/mol. The Morgan fingerprint density at radius 1 is 1.38 bits per heavy atom. The van der Waals surface area contributed by atoms with Crippen LogP contribution in [0.3, 0.4) is 0 Å². The van der Waals surface area contributed by atoms with Gasteiger partial charge < -0.3 is 5.73 Å². The van der Waals surface area contributed by atoms with E-state index in [9.17, 15) is 13.6 Å². The summed E-state index contributed by atoms with van der Waals surface area (Å²) < 4.78 is 25.1. The summed E-state index contributed by atoms with van der Waals surface area (Å²) in [4.78, 5) is 10.3. The largest absolute Gasteiger partial charge is 0.367 e. The number of carbonyl (C=O) groups excluding carboxylic acids is 1. The van der Waals surface area contributed by atoms with Gasteiger partial charge in [-0.25, -0.2) is 8.78 Å². The van der Waals surface area contributed by atoms with Crippen molar-refractivity contribution in [2.75, 3.05) is 0 Å². The minimum absolute atomic E-state index is 0.102. The van der Waals surface area contributed by atoms with Crippen molar-refractivity contribution in [2.24, 2.45) is 5.73 Å². The van der Waals surface area contributed by atoms with E-state index >= 15 is 0 Å². The van der Waals surface area contributed by atoms with E-state index in [0.717, 1.165) is 0 Å². The Hall–Kier alpha value is -1.45. The highest BCUT2D eigenvalue weighted by atomic mass is 19.1. The molecule has 0 aliphatic carbocycles. The van der Waals surface area contributed by atoms with Gasteiger partial charge in [-0.15, -0.1) is 0 Å². The first-order chi connectivity index (χ1) is 6.09. The zero-order valence-corrected chi connectivity index (χ0v) is 6.84. The minimum atomic E-state index is -1.70. The molecule has 4 heteroatoms. The number of carbonyl (C=O) groups is 1. The number of amides is 1. The van der Waals surface area contributed by atoms with Gasteiger partial charge >= 0.3 is 0 Å². The van der Waals surface area contributed by atoms with Crippen LogP contribution in [-0.2, 0) is 11.2 Å². The van der Waals surface area contributed by atoms with Crippen LogP contribution in [0.25, 0.3) is 0 Å². The Labute approximate surface area is 74.4 Å². The highest BCUT2D eigenvalue weighted by Gasteiger charge is 2.13. The number of benzene rings is 1. The Bertz CT molecular complexity index is 297. The number of alkyl halides is 1. The van der Waals surface area contributed by atoms with Gasteiger partial charge in [-0.05, 0) is 17.7 Å². The van der Waals surface area contributed by atoms with Crippen molar-refractivity contribution in [1.82, 2.24) is 0 Å². The molecule has 1 amide bonds. The fraction of sp³-hybridized carbons (Fsp3) is 0.222. The van der Waals surface area contributed by atoms with Gasteiger partial charge in [0.2, 0.25) is 0 Å². The molecule has 0 radical (unpaired) electrons. The maximum absolute atomic E-state index is 12.7. The normalized spacial score (nSPS) is 12.5. The molecule has 0 heterocycles. The van der Waals surface area contributed by atoms with Crippen molar-refractivity contribution in [1.29, 1.82) is 0 Å². The highest BCUT2D eigenvalue weighted by molar-refractivity contribution is 5.78. The molecule has 1 aromatic rings. The highest BCUT2D eigenvalue weighted by Crippen LogP contribution is 2.07. The smallest absolute Gasteiger partial charge is 0.252 e. The number of halogens is 2. The van der Waals surface area contributed by atoms with Crippen molar-refractivity contribution in [3.8, 4) is 0 Å². The first-order valence-corrected chi connectivity index (χ1v) is 3.77. The molecule has 0 saturated heterocycles. The van der Waals surface area contributed by atoms with Crippen LogP contribution in [-0.4, -0.2) is 12.1 Å². The summed E-state index contributed by atoms with van der Waals surface area (Å²) >= 11 is 0. The van der Waals surface area contributed by atoms with Crippen molar-refractivity contribution in [3.63, 3.8) is 0 Å². The summed E-state index contributed by atoms with van der Waals surface area (Å²) in [7, 11) is 0. The first-order valence-electron chi connectivity index (χ1n) is 3.77. The molecule has 1 atom stereocenters. The molecule has 0 aliphatic heterocycles. The van der Waals surface area contributed by atoms with E-state index in [4.69, 9.17) is 5.73 Å². The van der Waals surface area contributed by atoms with Crippen LogP contribution in [0.5, 0.6) is 0 Å². The summed E-state index contributed by atoms with van der Waals surface area (Å²) in [5, 5.41) is 0. The molecule has 70 valence electrons. The Balaban J connectivity index is 2.64. The summed E-state index contributed by atoms with van der Waals surface area (Å²) in [6, 6.07) is 5.27. The summed E-state index contributed by atoms with van der Waals surface area (Å²) in [5.74, 6) is -1.39. The van der Waals surface area contributed by atoms with Gasteiger partial charge in [0.05, 0.1) is 0 Å². The van der Waals surface area contributed by atoms with Gasteiger partial charge in [-0.2, -0.15) is 0 Å². The second-order valence-corrected chi connectivity index (χ2v) is 2.70. The Kier molecular flexibility index (Phi) is 2.95. The van der Waals surface area contributed by atoms with Gasteiger partial charge in [0.1, 0.15) is 5.82 Å². The fourth-order valence-corrected chi connectivity index (χ4v) is 0.928. The zero-order valence-electron chi connectivity index (χ0n) is 6.84. The fourth-order valence-electron chi connectivity index (χ4n) is 0.928. The molecular weight excluding hydrogens is 176 g/mol. The Morgan fingerprint density at radius 2 is 1.92 bits per heavy atom. The quantitative estimate of drug-likeness (QED) is 0.755. The second kappa shape index (κ2) is 3.98. The van der Waals surface area contributed by atoms with Crippen LogP contribution < -0.4 is 5.73 Å². The minimum Gasteiger partial charge on any atom is -0.367 e. The third kappa shape index (κ3) is 2.82. The van der Waals surface area contributed by atoms with E-state index in [1.807, 2.05) is 0 Å². The van der Waals surface area contributed by atoms with E-state index in [1.54, 1.807) is 0 Å². The molecule has 2 N–H and O–H groups in total. The molecular formula is C9H9F2NO. The summed E-state index contributed by atoms with van der Waals surface area (Å²) in [6.45, 7) is 0. The Morgan fingerprint density at radius 3 is 2.38 bits per heavy atom. The lowest BCUT2D eigenvalue weighted by molar-refractivity contribution is -0.122. The number of hydrogen-bond acceptors (Lipinski definition) is 1. The van der Waals surface area contributed by atoms with Gasteiger partial charge in [0.25, 0.3) is 5.91 Å². The van der Waals surface area contributed by atoms with Gasteiger partial charge in [0, 0.05) is 6.42 Å². The van der Waals surface area contributed by atoms with Gasteiger partial charge in [0.15, 0.2) is 6.17 Å². The molecule has 13 heavy (non-hydrogen) atoms. The molecule has 0 saturated carbocycles. The number of hydrogen-bond donors (Lipinski definition) is 1.